The normalized spacial score (nSPS) is 16.8. The summed E-state index contributed by atoms with van der Waals surface area (Å²) in [7, 11) is 0. The second kappa shape index (κ2) is 10.3. The molecule has 0 aromatic heterocycles. The van der Waals surface area contributed by atoms with E-state index in [0.29, 0.717) is 26.4 Å². The zero-order chi connectivity index (χ0) is 21.5. The molecule has 0 radical (unpaired) electrons. The molecule has 3 aromatic carbocycles. The van der Waals surface area contributed by atoms with E-state index in [-0.39, 0.29) is 17.9 Å². The molecule has 1 aliphatic heterocycles. The molecule has 4 heteroatoms. The van der Waals surface area contributed by atoms with Crippen LogP contribution >= 0.6 is 0 Å². The summed E-state index contributed by atoms with van der Waals surface area (Å²) >= 11 is 0. The molecule has 1 fully saturated rings. The van der Waals surface area contributed by atoms with Crippen LogP contribution in [0.3, 0.4) is 0 Å². The number of rotatable bonds is 8. The van der Waals surface area contributed by atoms with Crippen LogP contribution in [-0.2, 0) is 16.1 Å². The SMILES string of the molecule is CCC(CC(=O)N1COCC1c1ccccc1)c1cccc(OCc2ccccc2)c1. The number of nitrogens with zero attached hydrogens (tertiary/aromatic N) is 1. The van der Waals surface area contributed by atoms with Crippen LogP contribution in [0.4, 0.5) is 0 Å². The van der Waals surface area contributed by atoms with Crippen LogP contribution < -0.4 is 4.74 Å². The third kappa shape index (κ3) is 5.33. The van der Waals surface area contributed by atoms with Gasteiger partial charge in [-0.25, -0.2) is 0 Å². The van der Waals surface area contributed by atoms with Crippen molar-refractivity contribution in [1.82, 2.24) is 4.90 Å². The number of amides is 1. The maximum absolute atomic E-state index is 13.2. The van der Waals surface area contributed by atoms with Gasteiger partial charge in [-0.15, -0.1) is 0 Å². The number of carbonyl (C=O) groups excluding carboxylic acids is 1. The van der Waals surface area contributed by atoms with E-state index in [4.69, 9.17) is 9.47 Å². The van der Waals surface area contributed by atoms with Crippen molar-refractivity contribution in [2.24, 2.45) is 0 Å². The Kier molecular flexibility index (Phi) is 7.00. The maximum Gasteiger partial charge on any atom is 0.225 e. The minimum absolute atomic E-state index is 0.00764. The van der Waals surface area contributed by atoms with E-state index in [1.54, 1.807) is 0 Å². The van der Waals surface area contributed by atoms with Gasteiger partial charge in [0.1, 0.15) is 19.1 Å². The van der Waals surface area contributed by atoms with Gasteiger partial charge >= 0.3 is 0 Å². The van der Waals surface area contributed by atoms with E-state index >= 15 is 0 Å². The smallest absolute Gasteiger partial charge is 0.225 e. The molecule has 1 heterocycles. The van der Waals surface area contributed by atoms with Crippen LogP contribution in [0.5, 0.6) is 5.75 Å². The first-order valence-electron chi connectivity index (χ1n) is 10.9. The van der Waals surface area contributed by atoms with Crippen molar-refractivity contribution in [2.75, 3.05) is 13.3 Å². The van der Waals surface area contributed by atoms with Gasteiger partial charge in [0.25, 0.3) is 0 Å². The van der Waals surface area contributed by atoms with Crippen molar-refractivity contribution < 1.29 is 14.3 Å². The summed E-state index contributed by atoms with van der Waals surface area (Å²) in [6.07, 6.45) is 1.35. The topological polar surface area (TPSA) is 38.8 Å². The lowest BCUT2D eigenvalue weighted by Crippen LogP contribution is -2.32. The first-order chi connectivity index (χ1) is 15.2. The molecule has 0 bridgehead atoms. The molecule has 1 amide bonds. The molecule has 0 N–H and O–H groups in total. The molecular weight excluding hydrogens is 386 g/mol. The summed E-state index contributed by atoms with van der Waals surface area (Å²) in [5.74, 6) is 1.11. The number of hydrogen-bond donors (Lipinski definition) is 0. The van der Waals surface area contributed by atoms with Crippen LogP contribution in [0.2, 0.25) is 0 Å². The number of ether oxygens (including phenoxy) is 2. The second-order valence-corrected chi connectivity index (χ2v) is 7.95. The lowest BCUT2D eigenvalue weighted by Gasteiger charge is -2.25. The Morgan fingerprint density at radius 2 is 1.77 bits per heavy atom. The highest BCUT2D eigenvalue weighted by Gasteiger charge is 2.31. The van der Waals surface area contributed by atoms with E-state index in [1.807, 2.05) is 53.4 Å². The second-order valence-electron chi connectivity index (χ2n) is 7.95. The summed E-state index contributed by atoms with van der Waals surface area (Å²) in [6.45, 7) is 3.57. The minimum atomic E-state index is -0.00764. The van der Waals surface area contributed by atoms with Crippen molar-refractivity contribution in [3.8, 4) is 5.75 Å². The van der Waals surface area contributed by atoms with Gasteiger partial charge in [-0.3, -0.25) is 4.79 Å². The molecule has 3 aromatic rings. The predicted octanol–water partition coefficient (Wildman–Crippen LogP) is 5.71. The molecule has 0 saturated carbocycles. The van der Waals surface area contributed by atoms with Crippen LogP contribution in [0.1, 0.15) is 48.4 Å². The monoisotopic (exact) mass is 415 g/mol. The quantitative estimate of drug-likeness (QED) is 0.473. The average Bonchev–Trinajstić information content (AvgIpc) is 3.33. The number of carbonyl (C=O) groups is 1. The summed E-state index contributed by atoms with van der Waals surface area (Å²) < 4.78 is 11.6. The Labute approximate surface area is 184 Å². The molecule has 1 saturated heterocycles. The van der Waals surface area contributed by atoms with Crippen molar-refractivity contribution in [3.05, 3.63) is 102 Å². The zero-order valence-corrected chi connectivity index (χ0v) is 17.9. The summed E-state index contributed by atoms with van der Waals surface area (Å²) in [6, 6.07) is 28.4. The van der Waals surface area contributed by atoms with Gasteiger partial charge in [-0.05, 0) is 41.2 Å². The van der Waals surface area contributed by atoms with Gasteiger partial charge in [-0.2, -0.15) is 0 Å². The molecule has 0 aliphatic carbocycles. The Bertz CT molecular complexity index is 974. The van der Waals surface area contributed by atoms with Gasteiger partial charge in [0.2, 0.25) is 5.91 Å². The highest BCUT2D eigenvalue weighted by Crippen LogP contribution is 2.31. The van der Waals surface area contributed by atoms with Crippen molar-refractivity contribution in [1.29, 1.82) is 0 Å². The standard InChI is InChI=1S/C27H29NO3/c1-2-22(17-27(29)28-20-30-19-26(28)23-12-7-4-8-13-23)24-14-9-15-25(16-24)31-18-21-10-5-3-6-11-21/h3-16,22,26H,2,17-20H2,1H3. The summed E-state index contributed by atoms with van der Waals surface area (Å²) in [4.78, 5) is 15.1. The van der Waals surface area contributed by atoms with E-state index in [1.165, 1.54) is 0 Å². The average molecular weight is 416 g/mol. The van der Waals surface area contributed by atoms with E-state index in [0.717, 1.165) is 28.9 Å². The van der Waals surface area contributed by atoms with E-state index in [2.05, 4.69) is 43.3 Å². The maximum atomic E-state index is 13.2. The molecule has 1 aliphatic rings. The van der Waals surface area contributed by atoms with Gasteiger partial charge in [0, 0.05) is 6.42 Å². The first-order valence-corrected chi connectivity index (χ1v) is 10.9. The molecular formula is C27H29NO3. The fourth-order valence-corrected chi connectivity index (χ4v) is 4.06. The number of benzene rings is 3. The van der Waals surface area contributed by atoms with Crippen LogP contribution in [-0.4, -0.2) is 24.1 Å². The van der Waals surface area contributed by atoms with Gasteiger partial charge in [0.05, 0.1) is 12.6 Å². The Hall–Kier alpha value is -3.11. The lowest BCUT2D eigenvalue weighted by molar-refractivity contribution is -0.133. The first kappa shape index (κ1) is 21.1. The molecule has 4 nitrogen and oxygen atoms in total. The van der Waals surface area contributed by atoms with Crippen LogP contribution in [0.15, 0.2) is 84.9 Å². The molecule has 2 unspecified atom stereocenters. The van der Waals surface area contributed by atoms with E-state index < -0.39 is 0 Å². The van der Waals surface area contributed by atoms with Gasteiger partial charge < -0.3 is 14.4 Å². The third-order valence-electron chi connectivity index (χ3n) is 5.88. The van der Waals surface area contributed by atoms with Gasteiger partial charge in [0.15, 0.2) is 0 Å². The highest BCUT2D eigenvalue weighted by atomic mass is 16.5. The molecule has 160 valence electrons. The third-order valence-corrected chi connectivity index (χ3v) is 5.88. The Morgan fingerprint density at radius 3 is 2.52 bits per heavy atom. The Morgan fingerprint density at radius 1 is 1.03 bits per heavy atom. The van der Waals surface area contributed by atoms with Crippen molar-refractivity contribution in [3.63, 3.8) is 0 Å². The molecule has 4 rings (SSSR count). The van der Waals surface area contributed by atoms with E-state index in [9.17, 15) is 4.79 Å². The van der Waals surface area contributed by atoms with Crippen LogP contribution in [0.25, 0.3) is 0 Å². The fourth-order valence-electron chi connectivity index (χ4n) is 4.06. The van der Waals surface area contributed by atoms with Crippen molar-refractivity contribution in [2.45, 2.75) is 38.3 Å². The fraction of sp³-hybridized carbons (Fsp3) is 0.296. The summed E-state index contributed by atoms with van der Waals surface area (Å²) in [5.41, 5.74) is 3.40. The Balaban J connectivity index is 1.42. The number of hydrogen-bond acceptors (Lipinski definition) is 3. The van der Waals surface area contributed by atoms with Crippen molar-refractivity contribution >= 4 is 5.91 Å². The molecule has 0 spiro atoms. The predicted molar refractivity (Wildman–Crippen MR) is 122 cm³/mol. The minimum Gasteiger partial charge on any atom is -0.489 e. The van der Waals surface area contributed by atoms with Gasteiger partial charge in [-0.1, -0.05) is 79.7 Å². The molecule has 2 atom stereocenters. The summed E-state index contributed by atoms with van der Waals surface area (Å²) in [5, 5.41) is 0. The lowest BCUT2D eigenvalue weighted by atomic mass is 9.92. The highest BCUT2D eigenvalue weighted by molar-refractivity contribution is 5.78. The van der Waals surface area contributed by atoms with Crippen LogP contribution in [0, 0.1) is 0 Å². The largest absolute Gasteiger partial charge is 0.489 e. The zero-order valence-electron chi connectivity index (χ0n) is 17.9. The molecule has 31 heavy (non-hydrogen) atoms.